The van der Waals surface area contributed by atoms with E-state index < -0.39 is 4.92 Å². The average molecular weight is 332 g/mol. The van der Waals surface area contributed by atoms with Crippen molar-refractivity contribution >= 4 is 28.4 Å². The normalized spacial score (nSPS) is 10.7. The summed E-state index contributed by atoms with van der Waals surface area (Å²) in [5, 5.41) is 14.0. The van der Waals surface area contributed by atoms with Gasteiger partial charge in [0.2, 0.25) is 0 Å². The molecule has 25 heavy (non-hydrogen) atoms. The molecule has 122 valence electrons. The van der Waals surface area contributed by atoms with E-state index in [2.05, 4.69) is 25.3 Å². The number of H-pyrrole nitrogens is 1. The molecular weight excluding hydrogens is 320 g/mol. The predicted octanol–water partition coefficient (Wildman–Crippen LogP) is 3.67. The van der Waals surface area contributed by atoms with Crippen molar-refractivity contribution in [3.63, 3.8) is 0 Å². The molecule has 2 N–H and O–H groups in total. The maximum atomic E-state index is 10.8. The molecule has 0 atom stereocenters. The third-order valence-corrected chi connectivity index (χ3v) is 3.68. The summed E-state index contributed by atoms with van der Waals surface area (Å²) in [7, 11) is 0. The highest BCUT2D eigenvalue weighted by atomic mass is 16.6. The van der Waals surface area contributed by atoms with Gasteiger partial charge in [0.05, 0.1) is 4.92 Å². The lowest BCUT2D eigenvalue weighted by molar-refractivity contribution is -0.384. The topological polar surface area (TPSA) is 110 Å². The zero-order valence-corrected chi connectivity index (χ0v) is 12.9. The minimum absolute atomic E-state index is 0.0334. The SMILES string of the molecule is O=[N+]([O-])c1ccc(-c2nc3ncnc(Nc4ccccc4)c3[nH]2)cc1. The number of aromatic amines is 1. The number of aromatic nitrogens is 4. The van der Waals surface area contributed by atoms with Crippen LogP contribution >= 0.6 is 0 Å². The summed E-state index contributed by atoms with van der Waals surface area (Å²) in [4.78, 5) is 26.4. The zero-order valence-electron chi connectivity index (χ0n) is 12.9. The lowest BCUT2D eigenvalue weighted by Gasteiger charge is -2.04. The van der Waals surface area contributed by atoms with Gasteiger partial charge in [-0.3, -0.25) is 10.1 Å². The van der Waals surface area contributed by atoms with Crippen LogP contribution in [0.25, 0.3) is 22.6 Å². The first kappa shape index (κ1) is 14.8. The zero-order chi connectivity index (χ0) is 17.2. The molecule has 0 aliphatic carbocycles. The smallest absolute Gasteiger partial charge is 0.269 e. The van der Waals surface area contributed by atoms with Crippen molar-refractivity contribution in [1.82, 2.24) is 19.9 Å². The number of nitrogens with zero attached hydrogens (tertiary/aromatic N) is 4. The summed E-state index contributed by atoms with van der Waals surface area (Å²) in [5.74, 6) is 1.18. The number of nitro groups is 1. The molecule has 0 unspecified atom stereocenters. The molecule has 2 heterocycles. The Kier molecular flexibility index (Phi) is 3.55. The van der Waals surface area contributed by atoms with E-state index in [9.17, 15) is 10.1 Å². The third-order valence-electron chi connectivity index (χ3n) is 3.68. The first-order chi connectivity index (χ1) is 12.2. The molecule has 0 saturated heterocycles. The van der Waals surface area contributed by atoms with Gasteiger partial charge in [0.1, 0.15) is 17.7 Å². The standard InChI is InChI=1S/C17H12N6O2/c24-23(25)13-8-6-11(7-9-13)15-21-14-16(18-10-19-17(14)22-15)20-12-4-2-1-3-5-12/h1-10H,(H2,18,19,20,21,22). The van der Waals surface area contributed by atoms with Crippen LogP contribution in [0, 0.1) is 10.1 Å². The quantitative estimate of drug-likeness (QED) is 0.436. The number of hydrogen-bond acceptors (Lipinski definition) is 6. The van der Waals surface area contributed by atoms with E-state index in [4.69, 9.17) is 0 Å². The number of fused-ring (bicyclic) bond motifs is 1. The average Bonchev–Trinajstić information content (AvgIpc) is 3.08. The van der Waals surface area contributed by atoms with Crippen LogP contribution in [0.2, 0.25) is 0 Å². The summed E-state index contributed by atoms with van der Waals surface area (Å²) < 4.78 is 0. The number of imidazole rings is 1. The summed E-state index contributed by atoms with van der Waals surface area (Å²) >= 11 is 0. The van der Waals surface area contributed by atoms with Crippen LogP contribution in [0.1, 0.15) is 0 Å². The molecule has 8 heteroatoms. The van der Waals surface area contributed by atoms with Crippen LogP contribution in [-0.4, -0.2) is 24.9 Å². The van der Waals surface area contributed by atoms with E-state index in [0.29, 0.717) is 22.8 Å². The van der Waals surface area contributed by atoms with Crippen LogP contribution in [0.4, 0.5) is 17.2 Å². The molecule has 8 nitrogen and oxygen atoms in total. The van der Waals surface area contributed by atoms with Gasteiger partial charge < -0.3 is 10.3 Å². The Morgan fingerprint density at radius 2 is 1.76 bits per heavy atom. The molecule has 0 amide bonds. The number of rotatable bonds is 4. The molecule has 0 spiro atoms. The Balaban J connectivity index is 1.72. The molecule has 0 aliphatic rings. The van der Waals surface area contributed by atoms with Crippen molar-refractivity contribution in [3.8, 4) is 11.4 Å². The van der Waals surface area contributed by atoms with E-state index in [1.54, 1.807) is 12.1 Å². The number of anilines is 2. The fraction of sp³-hybridized carbons (Fsp3) is 0. The molecular formula is C17H12N6O2. The van der Waals surface area contributed by atoms with Gasteiger partial charge in [0.25, 0.3) is 5.69 Å². The van der Waals surface area contributed by atoms with Crippen LogP contribution in [0.3, 0.4) is 0 Å². The van der Waals surface area contributed by atoms with Crippen molar-refractivity contribution in [1.29, 1.82) is 0 Å². The van der Waals surface area contributed by atoms with Crippen molar-refractivity contribution in [2.45, 2.75) is 0 Å². The van der Waals surface area contributed by atoms with Gasteiger partial charge >= 0.3 is 0 Å². The van der Waals surface area contributed by atoms with Crippen molar-refractivity contribution in [3.05, 3.63) is 71.0 Å². The predicted molar refractivity (Wildman–Crippen MR) is 93.5 cm³/mol. The number of nitro benzene ring substituents is 1. The molecule has 0 radical (unpaired) electrons. The summed E-state index contributed by atoms with van der Waals surface area (Å²) in [6.07, 6.45) is 1.44. The second-order valence-electron chi connectivity index (χ2n) is 5.30. The Hall–Kier alpha value is -3.81. The lowest BCUT2D eigenvalue weighted by Crippen LogP contribution is -1.95. The van der Waals surface area contributed by atoms with E-state index in [1.807, 2.05) is 30.3 Å². The summed E-state index contributed by atoms with van der Waals surface area (Å²) in [5.41, 5.74) is 2.84. The Morgan fingerprint density at radius 3 is 2.48 bits per heavy atom. The molecule has 0 bridgehead atoms. The van der Waals surface area contributed by atoms with E-state index in [1.165, 1.54) is 18.5 Å². The highest BCUT2D eigenvalue weighted by Gasteiger charge is 2.12. The van der Waals surface area contributed by atoms with Crippen LogP contribution in [0.15, 0.2) is 60.9 Å². The third kappa shape index (κ3) is 2.88. The second-order valence-corrected chi connectivity index (χ2v) is 5.30. The number of nitrogens with one attached hydrogen (secondary N) is 2. The maximum absolute atomic E-state index is 10.8. The molecule has 0 saturated carbocycles. The number of hydrogen-bond donors (Lipinski definition) is 2. The van der Waals surface area contributed by atoms with Gasteiger partial charge in [-0.1, -0.05) is 18.2 Å². The first-order valence-corrected chi connectivity index (χ1v) is 7.48. The molecule has 4 rings (SSSR count). The second kappa shape index (κ2) is 6.00. The molecule has 0 aliphatic heterocycles. The van der Waals surface area contributed by atoms with Crippen LogP contribution in [-0.2, 0) is 0 Å². The minimum Gasteiger partial charge on any atom is -0.338 e. The van der Waals surface area contributed by atoms with Gasteiger partial charge in [0, 0.05) is 23.4 Å². The molecule has 2 aromatic heterocycles. The van der Waals surface area contributed by atoms with Gasteiger partial charge in [-0.05, 0) is 24.3 Å². The fourth-order valence-electron chi connectivity index (χ4n) is 2.46. The minimum atomic E-state index is -0.435. The Morgan fingerprint density at radius 1 is 1.00 bits per heavy atom. The molecule has 4 aromatic rings. The highest BCUT2D eigenvalue weighted by Crippen LogP contribution is 2.26. The first-order valence-electron chi connectivity index (χ1n) is 7.48. The molecule has 0 fully saturated rings. The number of non-ortho nitro benzene ring substituents is 1. The van der Waals surface area contributed by atoms with Crippen molar-refractivity contribution < 1.29 is 4.92 Å². The Bertz CT molecular complexity index is 1040. The Labute approximate surface area is 141 Å². The lowest BCUT2D eigenvalue weighted by atomic mass is 10.2. The van der Waals surface area contributed by atoms with E-state index in [-0.39, 0.29) is 5.69 Å². The van der Waals surface area contributed by atoms with Gasteiger partial charge in [-0.2, -0.15) is 0 Å². The number of benzene rings is 2. The van der Waals surface area contributed by atoms with E-state index >= 15 is 0 Å². The van der Waals surface area contributed by atoms with Gasteiger partial charge in [-0.25, -0.2) is 15.0 Å². The maximum Gasteiger partial charge on any atom is 0.269 e. The number of para-hydroxylation sites is 1. The summed E-state index contributed by atoms with van der Waals surface area (Å²) in [6, 6.07) is 15.8. The van der Waals surface area contributed by atoms with Crippen molar-refractivity contribution in [2.24, 2.45) is 0 Å². The molecule has 2 aromatic carbocycles. The fourth-order valence-corrected chi connectivity index (χ4v) is 2.46. The largest absolute Gasteiger partial charge is 0.338 e. The van der Waals surface area contributed by atoms with Gasteiger partial charge in [0.15, 0.2) is 11.5 Å². The van der Waals surface area contributed by atoms with Crippen LogP contribution in [0.5, 0.6) is 0 Å². The van der Waals surface area contributed by atoms with Crippen LogP contribution < -0.4 is 5.32 Å². The summed E-state index contributed by atoms with van der Waals surface area (Å²) in [6.45, 7) is 0. The van der Waals surface area contributed by atoms with Gasteiger partial charge in [-0.15, -0.1) is 0 Å². The van der Waals surface area contributed by atoms with Crippen molar-refractivity contribution in [2.75, 3.05) is 5.32 Å². The highest BCUT2D eigenvalue weighted by molar-refractivity contribution is 5.87. The van der Waals surface area contributed by atoms with E-state index in [0.717, 1.165) is 11.3 Å². The monoisotopic (exact) mass is 332 g/mol.